The Morgan fingerprint density at radius 1 is 1.25 bits per heavy atom. The molecule has 2 atom stereocenters. The first-order valence-electron chi connectivity index (χ1n) is 5.59. The molecule has 0 amide bonds. The van der Waals surface area contributed by atoms with Gasteiger partial charge in [-0.25, -0.2) is 0 Å². The molecule has 0 heteroatoms. The van der Waals surface area contributed by atoms with Crippen molar-refractivity contribution in [3.05, 3.63) is 0 Å². The lowest BCUT2D eigenvalue weighted by molar-refractivity contribution is 0.0642. The highest BCUT2D eigenvalue weighted by molar-refractivity contribution is 4.86. The van der Waals surface area contributed by atoms with Crippen LogP contribution in [0.5, 0.6) is 0 Å². The average Bonchev–Trinajstić information content (AvgIpc) is 2.00. The average molecular weight is 168 g/mol. The summed E-state index contributed by atoms with van der Waals surface area (Å²) in [6.45, 7) is 9.69. The molecule has 0 aromatic heterocycles. The first kappa shape index (κ1) is 10.1. The van der Waals surface area contributed by atoms with Crippen molar-refractivity contribution >= 4 is 0 Å². The molecule has 12 heavy (non-hydrogen) atoms. The summed E-state index contributed by atoms with van der Waals surface area (Å²) in [5.74, 6) is 1.93. The first-order chi connectivity index (χ1) is 5.59. The van der Waals surface area contributed by atoms with E-state index >= 15 is 0 Å². The molecule has 0 N–H and O–H groups in total. The van der Waals surface area contributed by atoms with Gasteiger partial charge in [-0.2, -0.15) is 0 Å². The van der Waals surface area contributed by atoms with Gasteiger partial charge in [0.15, 0.2) is 0 Å². The van der Waals surface area contributed by atoms with Gasteiger partial charge in [-0.3, -0.25) is 0 Å². The van der Waals surface area contributed by atoms with Crippen molar-refractivity contribution in [2.75, 3.05) is 0 Å². The normalized spacial score (nSPS) is 35.0. The van der Waals surface area contributed by atoms with E-state index in [9.17, 15) is 0 Å². The highest BCUT2D eigenvalue weighted by atomic mass is 14.4. The summed E-state index contributed by atoms with van der Waals surface area (Å²) < 4.78 is 0. The van der Waals surface area contributed by atoms with Crippen LogP contribution in [-0.2, 0) is 0 Å². The van der Waals surface area contributed by atoms with Crippen LogP contribution in [0.15, 0.2) is 0 Å². The van der Waals surface area contributed by atoms with E-state index in [0.717, 1.165) is 11.8 Å². The molecule has 1 aliphatic carbocycles. The molecule has 72 valence electrons. The molecule has 1 aliphatic rings. The van der Waals surface area contributed by atoms with Crippen molar-refractivity contribution in [1.29, 1.82) is 0 Å². The smallest absolute Gasteiger partial charge is 0.0300 e. The summed E-state index contributed by atoms with van der Waals surface area (Å²) in [6, 6.07) is 0. The van der Waals surface area contributed by atoms with Gasteiger partial charge in [-0.05, 0) is 23.7 Å². The third kappa shape index (κ3) is 1.84. The van der Waals surface area contributed by atoms with E-state index < -0.39 is 0 Å². The van der Waals surface area contributed by atoms with Crippen molar-refractivity contribution in [1.82, 2.24) is 0 Å². The van der Waals surface area contributed by atoms with Crippen molar-refractivity contribution < 1.29 is 0 Å². The summed E-state index contributed by atoms with van der Waals surface area (Å²) >= 11 is 0. The van der Waals surface area contributed by atoms with E-state index in [1.165, 1.54) is 32.1 Å². The Kier molecular flexibility index (Phi) is 3.20. The summed E-state index contributed by atoms with van der Waals surface area (Å²) in [5.41, 5.74) is 0.605. The zero-order chi connectivity index (χ0) is 9.19. The summed E-state index contributed by atoms with van der Waals surface area (Å²) in [5, 5.41) is 0. The van der Waals surface area contributed by atoms with Crippen molar-refractivity contribution in [3.63, 3.8) is 0 Å². The predicted octanol–water partition coefficient (Wildman–Crippen LogP) is 4.25. The minimum absolute atomic E-state index is 0.605. The fourth-order valence-electron chi connectivity index (χ4n) is 2.68. The van der Waals surface area contributed by atoms with Crippen LogP contribution >= 0.6 is 0 Å². The first-order valence-corrected chi connectivity index (χ1v) is 5.59. The van der Waals surface area contributed by atoms with E-state index in [0.29, 0.717) is 5.41 Å². The minimum Gasteiger partial charge on any atom is -0.0654 e. The Morgan fingerprint density at radius 2 is 1.92 bits per heavy atom. The maximum absolute atomic E-state index is 2.47. The molecule has 0 nitrogen and oxygen atoms in total. The van der Waals surface area contributed by atoms with Crippen molar-refractivity contribution in [2.24, 2.45) is 17.3 Å². The van der Waals surface area contributed by atoms with Crippen LogP contribution < -0.4 is 0 Å². The molecule has 0 aliphatic heterocycles. The maximum atomic E-state index is 2.47. The molecule has 0 aromatic carbocycles. The molecule has 2 unspecified atom stereocenters. The van der Waals surface area contributed by atoms with Crippen LogP contribution in [0, 0.1) is 17.3 Å². The molecule has 1 rings (SSSR count). The van der Waals surface area contributed by atoms with Gasteiger partial charge in [0.25, 0.3) is 0 Å². The highest BCUT2D eigenvalue weighted by Gasteiger charge is 2.36. The van der Waals surface area contributed by atoms with Gasteiger partial charge in [0.05, 0.1) is 0 Å². The Hall–Kier alpha value is 0. The highest BCUT2D eigenvalue weighted by Crippen LogP contribution is 2.46. The molecular formula is C12H24. The summed E-state index contributed by atoms with van der Waals surface area (Å²) in [6.07, 6.45) is 7.20. The van der Waals surface area contributed by atoms with Crippen molar-refractivity contribution in [2.45, 2.75) is 59.8 Å². The van der Waals surface area contributed by atoms with Crippen LogP contribution in [0.4, 0.5) is 0 Å². The third-order valence-electron chi connectivity index (χ3n) is 4.15. The minimum atomic E-state index is 0.605. The molecule has 1 saturated carbocycles. The van der Waals surface area contributed by atoms with Gasteiger partial charge in [-0.1, -0.05) is 53.4 Å². The van der Waals surface area contributed by atoms with E-state index in [2.05, 4.69) is 27.7 Å². The second kappa shape index (κ2) is 3.81. The molecule has 0 saturated heterocycles. The van der Waals surface area contributed by atoms with Gasteiger partial charge in [0, 0.05) is 0 Å². The molecule has 1 fully saturated rings. The van der Waals surface area contributed by atoms with Gasteiger partial charge in [0.1, 0.15) is 0 Å². The third-order valence-corrected chi connectivity index (χ3v) is 4.15. The fraction of sp³-hybridized carbons (Fsp3) is 1.00. The maximum Gasteiger partial charge on any atom is -0.0300 e. The number of hydrogen-bond donors (Lipinski definition) is 0. The Labute approximate surface area is 77.7 Å². The molecule has 0 spiro atoms. The number of rotatable bonds is 2. The van der Waals surface area contributed by atoms with Crippen LogP contribution in [0.3, 0.4) is 0 Å². The van der Waals surface area contributed by atoms with E-state index in [1.54, 1.807) is 0 Å². The second-order valence-corrected chi connectivity index (χ2v) is 5.14. The Morgan fingerprint density at radius 3 is 2.50 bits per heavy atom. The van der Waals surface area contributed by atoms with E-state index in [-0.39, 0.29) is 0 Å². The zero-order valence-electron chi connectivity index (χ0n) is 9.19. The van der Waals surface area contributed by atoms with Crippen LogP contribution in [0.2, 0.25) is 0 Å². The second-order valence-electron chi connectivity index (χ2n) is 5.14. The standard InChI is InChI=1S/C12H24/c1-5-7-11-9-6-8-10(2)12(11,3)4/h10-11H,5-9H2,1-4H3. The van der Waals surface area contributed by atoms with E-state index in [1.807, 2.05) is 0 Å². The van der Waals surface area contributed by atoms with Crippen molar-refractivity contribution in [3.8, 4) is 0 Å². The van der Waals surface area contributed by atoms with Crippen LogP contribution in [0.1, 0.15) is 59.8 Å². The zero-order valence-corrected chi connectivity index (χ0v) is 9.19. The predicted molar refractivity (Wildman–Crippen MR) is 55.2 cm³/mol. The van der Waals surface area contributed by atoms with Crippen LogP contribution in [0.25, 0.3) is 0 Å². The molecule has 0 bridgehead atoms. The Bertz CT molecular complexity index is 133. The van der Waals surface area contributed by atoms with Gasteiger partial charge < -0.3 is 0 Å². The lowest BCUT2D eigenvalue weighted by Crippen LogP contribution is -2.34. The topological polar surface area (TPSA) is 0 Å². The van der Waals surface area contributed by atoms with Gasteiger partial charge >= 0.3 is 0 Å². The van der Waals surface area contributed by atoms with E-state index in [4.69, 9.17) is 0 Å². The summed E-state index contributed by atoms with van der Waals surface area (Å²) in [7, 11) is 0. The van der Waals surface area contributed by atoms with Gasteiger partial charge in [-0.15, -0.1) is 0 Å². The number of hydrogen-bond acceptors (Lipinski definition) is 0. The summed E-state index contributed by atoms with van der Waals surface area (Å²) in [4.78, 5) is 0. The largest absolute Gasteiger partial charge is 0.0654 e. The molecule has 0 heterocycles. The fourth-order valence-corrected chi connectivity index (χ4v) is 2.68. The monoisotopic (exact) mass is 168 g/mol. The SMILES string of the molecule is CCCC1CCCC(C)C1(C)C. The van der Waals surface area contributed by atoms with Gasteiger partial charge in [0.2, 0.25) is 0 Å². The molecule has 0 radical (unpaired) electrons. The lowest BCUT2D eigenvalue weighted by Gasteiger charge is -2.44. The quantitative estimate of drug-likeness (QED) is 0.578. The van der Waals surface area contributed by atoms with Crippen LogP contribution in [-0.4, -0.2) is 0 Å². The molecule has 0 aromatic rings. The Balaban J connectivity index is 2.59. The molecular weight excluding hydrogens is 144 g/mol. The lowest BCUT2D eigenvalue weighted by atomic mass is 9.62.